The van der Waals surface area contributed by atoms with Crippen molar-refractivity contribution in [2.45, 2.75) is 140 Å². The Bertz CT molecular complexity index is 1890. The second-order valence-corrected chi connectivity index (χ2v) is 17.9. The van der Waals surface area contributed by atoms with Crippen LogP contribution in [0.3, 0.4) is 0 Å². The zero-order chi connectivity index (χ0) is 48.8. The number of carbonyl (C=O) groups is 10. The second-order valence-electron chi connectivity index (χ2n) is 17.9. The molecule has 67 heavy (non-hydrogen) atoms. The van der Waals surface area contributed by atoms with Crippen LogP contribution in [-0.4, -0.2) is 191 Å². The molecular weight excluding hydrogens is 875 g/mol. The number of carboxylic acids is 1. The van der Waals surface area contributed by atoms with Gasteiger partial charge in [0.2, 0.25) is 53.2 Å². The summed E-state index contributed by atoms with van der Waals surface area (Å²) in [6.07, 6.45) is 5.83. The molecule has 0 bridgehead atoms. The summed E-state index contributed by atoms with van der Waals surface area (Å²) >= 11 is 0. The molecule has 0 radical (unpaired) electrons. The topological polar surface area (TPSA) is 340 Å². The van der Waals surface area contributed by atoms with E-state index in [-0.39, 0.29) is 63.0 Å². The first-order valence-electron chi connectivity index (χ1n) is 23.7. The number of amides is 9. The molecule has 0 unspecified atom stereocenters. The number of aliphatic imine (C=N–C) groups is 1. The summed E-state index contributed by atoms with van der Waals surface area (Å²) in [5.74, 6) is -6.20. The molecule has 0 aromatic heterocycles. The molecule has 372 valence electrons. The number of guanidine groups is 1. The normalized spacial score (nSPS) is 23.8. The van der Waals surface area contributed by atoms with Crippen LogP contribution < -0.4 is 43.4 Å². The van der Waals surface area contributed by atoms with Crippen molar-refractivity contribution >= 4 is 65.1 Å². The van der Waals surface area contributed by atoms with E-state index >= 15 is 0 Å². The van der Waals surface area contributed by atoms with Gasteiger partial charge in [-0.15, -0.1) is 0 Å². The molecule has 0 spiro atoms. The van der Waals surface area contributed by atoms with Crippen LogP contribution >= 0.6 is 0 Å². The third kappa shape index (κ3) is 13.8. The summed E-state index contributed by atoms with van der Waals surface area (Å²) in [6.45, 7) is 4.44. The van der Waals surface area contributed by atoms with Crippen LogP contribution in [0.5, 0.6) is 0 Å². The Labute approximate surface area is 389 Å². The van der Waals surface area contributed by atoms with Crippen molar-refractivity contribution in [1.29, 1.82) is 0 Å². The largest absolute Gasteiger partial charge is 0.480 e. The number of aliphatic carboxylic acids is 1. The van der Waals surface area contributed by atoms with Crippen LogP contribution in [0.2, 0.25) is 0 Å². The standard InChI is InChI=1S/C43H69N13O11/c1-3-25(2)35(52-39(63)30-14-7-19-54(30)32(57)22-48-36(60)26-10-4-16-46-26)40(64)50-24-34(59)55-20-9-15-31(55)41(65)56-21-8-12-28(56)37(61)49-23-33(58)53-18-6-13-29(53)38(62)51-27(42(66)67)11-5-17-47-43(44)45/h25-31,35,46H,3-24H2,1-2H3,(H,48,60)(H,49,61)(H,50,64)(H,51,62)(H,52,63)(H,66,67)(H4,44,45,47)/t25-,26-,27-,28-,29-,30-,31-,35-/m0/s1. The number of likely N-dealkylation sites (tertiary alicyclic amines) is 4. The minimum atomic E-state index is -1.25. The maximum Gasteiger partial charge on any atom is 0.326 e. The van der Waals surface area contributed by atoms with E-state index in [1.807, 2.05) is 6.92 Å². The number of hydrogen-bond acceptors (Lipinski definition) is 12. The van der Waals surface area contributed by atoms with E-state index in [9.17, 15) is 53.1 Å². The van der Waals surface area contributed by atoms with Gasteiger partial charge in [0.05, 0.1) is 25.7 Å². The van der Waals surface area contributed by atoms with Gasteiger partial charge >= 0.3 is 5.97 Å². The van der Waals surface area contributed by atoms with E-state index in [4.69, 9.17) is 11.5 Å². The maximum absolute atomic E-state index is 14.0. The minimum absolute atomic E-state index is 0.0596. The predicted molar refractivity (Wildman–Crippen MR) is 240 cm³/mol. The molecule has 5 saturated heterocycles. The second kappa shape index (κ2) is 24.6. The van der Waals surface area contributed by atoms with Crippen molar-refractivity contribution in [2.75, 3.05) is 58.9 Å². The van der Waals surface area contributed by atoms with Crippen molar-refractivity contribution in [3.8, 4) is 0 Å². The summed E-state index contributed by atoms with van der Waals surface area (Å²) in [4.78, 5) is 142. The summed E-state index contributed by atoms with van der Waals surface area (Å²) in [7, 11) is 0. The van der Waals surface area contributed by atoms with Crippen molar-refractivity contribution in [2.24, 2.45) is 22.4 Å². The Hall–Kier alpha value is -6.07. The van der Waals surface area contributed by atoms with Crippen molar-refractivity contribution in [1.82, 2.24) is 51.5 Å². The Morgan fingerprint density at radius 2 is 1.13 bits per heavy atom. The van der Waals surface area contributed by atoms with Crippen molar-refractivity contribution in [3.63, 3.8) is 0 Å². The SMILES string of the molecule is CC[C@H](C)[C@H](NC(=O)[C@@H]1CCCN1C(=O)CNC(=O)[C@@H]1CCCN1)C(=O)NCC(=O)N1CCC[C@H]1C(=O)N1CCC[C@H]1C(=O)NCC(=O)N1CCC[C@H]1C(=O)N[C@@H](CCCN=C(N)N)C(=O)O. The molecule has 11 N–H and O–H groups in total. The highest BCUT2D eigenvalue weighted by molar-refractivity contribution is 5.97. The summed E-state index contributed by atoms with van der Waals surface area (Å²) in [5.41, 5.74) is 10.6. The van der Waals surface area contributed by atoms with E-state index in [0.717, 1.165) is 13.0 Å². The van der Waals surface area contributed by atoms with Gasteiger partial charge < -0.3 is 68.1 Å². The van der Waals surface area contributed by atoms with Gasteiger partial charge in [-0.3, -0.25) is 48.1 Å². The van der Waals surface area contributed by atoms with Crippen LogP contribution in [-0.2, 0) is 47.9 Å². The Morgan fingerprint density at radius 1 is 0.642 bits per heavy atom. The summed E-state index contributed by atoms with van der Waals surface area (Å²) in [6, 6.07) is -6.17. The average Bonchev–Trinajstić information content (AvgIpc) is 4.17. The first-order valence-corrected chi connectivity index (χ1v) is 23.7. The Kier molecular flexibility index (Phi) is 19.1. The highest BCUT2D eigenvalue weighted by atomic mass is 16.4. The fraction of sp³-hybridized carbons (Fsp3) is 0.744. The molecular formula is C43H69N13O11. The molecule has 9 amide bonds. The number of carboxylic acid groups (broad SMARTS) is 1. The molecule has 5 heterocycles. The van der Waals surface area contributed by atoms with E-state index < -0.39 is 103 Å². The lowest BCUT2D eigenvalue weighted by molar-refractivity contribution is -0.147. The fourth-order valence-electron chi connectivity index (χ4n) is 9.52. The molecule has 0 aliphatic carbocycles. The maximum atomic E-state index is 14.0. The van der Waals surface area contributed by atoms with Gasteiger partial charge in [-0.1, -0.05) is 20.3 Å². The van der Waals surface area contributed by atoms with Gasteiger partial charge in [-0.05, 0) is 89.5 Å². The van der Waals surface area contributed by atoms with Gasteiger partial charge in [0.25, 0.3) is 0 Å². The zero-order valence-corrected chi connectivity index (χ0v) is 38.6. The first-order chi connectivity index (χ1) is 32.0. The quantitative estimate of drug-likeness (QED) is 0.0303. The third-order valence-electron chi connectivity index (χ3n) is 13.4. The van der Waals surface area contributed by atoms with Crippen LogP contribution in [0.4, 0.5) is 0 Å². The lowest BCUT2D eigenvalue weighted by Gasteiger charge is -2.31. The first kappa shape index (κ1) is 51.9. The van der Waals surface area contributed by atoms with Gasteiger partial charge in [-0.2, -0.15) is 0 Å². The van der Waals surface area contributed by atoms with Gasteiger partial charge in [0, 0.05) is 32.7 Å². The van der Waals surface area contributed by atoms with Crippen LogP contribution in [0, 0.1) is 5.92 Å². The molecule has 24 heteroatoms. The lowest BCUT2D eigenvalue weighted by Crippen LogP contribution is -2.57. The van der Waals surface area contributed by atoms with Gasteiger partial charge in [-0.25, -0.2) is 4.79 Å². The third-order valence-corrected chi connectivity index (χ3v) is 13.4. The minimum Gasteiger partial charge on any atom is -0.480 e. The molecule has 5 aliphatic rings. The molecule has 5 aliphatic heterocycles. The zero-order valence-electron chi connectivity index (χ0n) is 38.6. The highest BCUT2D eigenvalue weighted by Gasteiger charge is 2.43. The number of nitrogens with one attached hydrogen (secondary N) is 6. The number of nitrogens with two attached hydrogens (primary N) is 2. The molecule has 0 saturated carbocycles. The van der Waals surface area contributed by atoms with E-state index in [0.29, 0.717) is 77.2 Å². The molecule has 5 fully saturated rings. The molecule has 8 atom stereocenters. The molecule has 0 aromatic carbocycles. The van der Waals surface area contributed by atoms with Crippen molar-refractivity contribution < 1.29 is 53.1 Å². The summed E-state index contributed by atoms with van der Waals surface area (Å²) in [5, 5.41) is 25.9. The lowest BCUT2D eigenvalue weighted by atomic mass is 9.97. The van der Waals surface area contributed by atoms with E-state index in [1.54, 1.807) is 6.92 Å². The Balaban J connectivity index is 1.10. The van der Waals surface area contributed by atoms with Crippen LogP contribution in [0.1, 0.15) is 97.3 Å². The average molecular weight is 944 g/mol. The molecule has 24 nitrogen and oxygen atoms in total. The molecule has 5 rings (SSSR count). The van der Waals surface area contributed by atoms with Crippen LogP contribution in [0.25, 0.3) is 0 Å². The monoisotopic (exact) mass is 944 g/mol. The number of nitrogens with zero attached hydrogens (tertiary/aromatic N) is 5. The smallest absolute Gasteiger partial charge is 0.326 e. The van der Waals surface area contributed by atoms with E-state index in [2.05, 4.69) is 36.9 Å². The van der Waals surface area contributed by atoms with Crippen molar-refractivity contribution in [3.05, 3.63) is 0 Å². The Morgan fingerprint density at radius 3 is 1.66 bits per heavy atom. The molecule has 0 aromatic rings. The highest BCUT2D eigenvalue weighted by Crippen LogP contribution is 2.26. The predicted octanol–water partition coefficient (Wildman–Crippen LogP) is -3.80. The van der Waals surface area contributed by atoms with Crippen LogP contribution in [0.15, 0.2) is 4.99 Å². The van der Waals surface area contributed by atoms with Gasteiger partial charge in [0.1, 0.15) is 36.3 Å². The van der Waals surface area contributed by atoms with E-state index in [1.165, 1.54) is 19.6 Å². The number of hydrogen-bond donors (Lipinski definition) is 9. The van der Waals surface area contributed by atoms with Gasteiger partial charge in [0.15, 0.2) is 5.96 Å². The fourth-order valence-corrected chi connectivity index (χ4v) is 9.52. The number of rotatable bonds is 21. The number of carbonyl (C=O) groups excluding carboxylic acids is 9. The summed E-state index contributed by atoms with van der Waals surface area (Å²) < 4.78 is 0.